The average molecular weight is 367 g/mol. The summed E-state index contributed by atoms with van der Waals surface area (Å²) in [5, 5.41) is 3.52. The van der Waals surface area contributed by atoms with Gasteiger partial charge >= 0.3 is 0 Å². The molecule has 0 bridgehead atoms. The number of hydrogen-bond donors (Lipinski definition) is 2. The van der Waals surface area contributed by atoms with E-state index in [9.17, 15) is 9.59 Å². The highest BCUT2D eigenvalue weighted by Crippen LogP contribution is 2.06. The minimum absolute atomic E-state index is 0.00957. The number of H-pyrrole nitrogens is 1. The van der Waals surface area contributed by atoms with Crippen molar-refractivity contribution in [3.63, 3.8) is 0 Å². The van der Waals surface area contributed by atoms with Gasteiger partial charge in [-0.2, -0.15) is 0 Å². The number of amides is 1. The first-order valence-corrected chi connectivity index (χ1v) is 9.08. The quantitative estimate of drug-likeness (QED) is 0.630. The van der Waals surface area contributed by atoms with Crippen LogP contribution in [0.3, 0.4) is 0 Å². The Hall–Kier alpha value is -2.73. The van der Waals surface area contributed by atoms with Crippen molar-refractivity contribution in [3.05, 3.63) is 75.3 Å². The molecule has 1 aromatic heterocycles. The molecule has 2 N–H and O–H groups in total. The zero-order valence-electron chi connectivity index (χ0n) is 14.4. The molecule has 0 unspecified atom stereocenters. The summed E-state index contributed by atoms with van der Waals surface area (Å²) in [5.41, 5.74) is 1.81. The number of rotatable bonds is 7. The number of carbonyl (C=O) groups excluding carboxylic acids is 1. The predicted molar refractivity (Wildman–Crippen MR) is 106 cm³/mol. The van der Waals surface area contributed by atoms with E-state index in [0.717, 1.165) is 11.9 Å². The molecule has 1 heterocycles. The number of aromatic nitrogens is 2. The van der Waals surface area contributed by atoms with E-state index >= 15 is 0 Å². The molecule has 6 heteroatoms. The fraction of sp³-hybridized carbons (Fsp3) is 0.250. The fourth-order valence-electron chi connectivity index (χ4n) is 2.88. The second kappa shape index (κ2) is 8.58. The maximum atomic E-state index is 12.5. The number of fused-ring (bicyclic) bond motifs is 1. The molecule has 134 valence electrons. The van der Waals surface area contributed by atoms with Crippen molar-refractivity contribution in [2.24, 2.45) is 0 Å². The van der Waals surface area contributed by atoms with Crippen LogP contribution in [0.1, 0.15) is 18.4 Å². The Morgan fingerprint density at radius 2 is 1.81 bits per heavy atom. The van der Waals surface area contributed by atoms with Gasteiger partial charge in [-0.05, 0) is 42.8 Å². The second-order valence-electron chi connectivity index (χ2n) is 6.12. The van der Waals surface area contributed by atoms with Crippen LogP contribution in [0, 0.1) is 4.77 Å². The van der Waals surface area contributed by atoms with Crippen LogP contribution in [0.15, 0.2) is 59.4 Å². The van der Waals surface area contributed by atoms with Gasteiger partial charge in [0.05, 0.1) is 10.9 Å². The van der Waals surface area contributed by atoms with Crippen molar-refractivity contribution in [3.8, 4) is 0 Å². The van der Waals surface area contributed by atoms with Crippen molar-refractivity contribution < 1.29 is 4.79 Å². The van der Waals surface area contributed by atoms with Gasteiger partial charge in [-0.1, -0.05) is 42.5 Å². The number of para-hydroxylation sites is 1. The van der Waals surface area contributed by atoms with Crippen LogP contribution < -0.4 is 10.9 Å². The Morgan fingerprint density at radius 1 is 1.08 bits per heavy atom. The molecule has 0 aliphatic carbocycles. The smallest absolute Gasteiger partial charge is 0.262 e. The average Bonchev–Trinajstić information content (AvgIpc) is 2.65. The maximum Gasteiger partial charge on any atom is 0.262 e. The van der Waals surface area contributed by atoms with Crippen molar-refractivity contribution in [2.45, 2.75) is 25.8 Å². The number of nitrogens with zero attached hydrogens (tertiary/aromatic N) is 1. The van der Waals surface area contributed by atoms with E-state index in [1.807, 2.05) is 48.5 Å². The van der Waals surface area contributed by atoms with Crippen molar-refractivity contribution in [2.75, 3.05) is 6.54 Å². The highest BCUT2D eigenvalue weighted by atomic mass is 32.1. The Labute approximate surface area is 156 Å². The standard InChI is InChI=1S/C20H21N3O2S/c24-18(21-13-12-15-7-2-1-3-8-15)11-6-14-23-19(25)16-9-4-5-10-17(16)22-20(23)26/h1-5,7-10H,6,11-14H2,(H,21,24)(H,22,26). The lowest BCUT2D eigenvalue weighted by Gasteiger charge is -2.08. The Balaban J connectivity index is 1.52. The summed E-state index contributed by atoms with van der Waals surface area (Å²) in [4.78, 5) is 27.6. The van der Waals surface area contributed by atoms with Crippen molar-refractivity contribution >= 4 is 29.0 Å². The van der Waals surface area contributed by atoms with Gasteiger partial charge in [-0.15, -0.1) is 0 Å². The zero-order chi connectivity index (χ0) is 18.4. The van der Waals surface area contributed by atoms with E-state index in [4.69, 9.17) is 12.2 Å². The molecule has 0 atom stereocenters. The fourth-order valence-corrected chi connectivity index (χ4v) is 3.16. The highest BCUT2D eigenvalue weighted by molar-refractivity contribution is 7.71. The molecule has 0 aliphatic heterocycles. The van der Waals surface area contributed by atoms with Crippen LogP contribution in [0.4, 0.5) is 0 Å². The summed E-state index contributed by atoms with van der Waals surface area (Å²) in [5.74, 6) is -0.00957. The summed E-state index contributed by atoms with van der Waals surface area (Å²) >= 11 is 5.28. The molecule has 0 saturated heterocycles. The summed E-state index contributed by atoms with van der Waals surface area (Å²) in [6.45, 7) is 1.03. The monoisotopic (exact) mass is 367 g/mol. The van der Waals surface area contributed by atoms with Gasteiger partial charge in [0.25, 0.3) is 5.56 Å². The van der Waals surface area contributed by atoms with Gasteiger partial charge in [-0.3, -0.25) is 14.2 Å². The van der Waals surface area contributed by atoms with Crippen LogP contribution in [0.2, 0.25) is 0 Å². The minimum atomic E-state index is -0.117. The number of nitrogens with one attached hydrogen (secondary N) is 2. The number of hydrogen-bond acceptors (Lipinski definition) is 3. The number of benzene rings is 2. The third-order valence-electron chi connectivity index (χ3n) is 4.25. The van der Waals surface area contributed by atoms with Crippen molar-refractivity contribution in [1.29, 1.82) is 0 Å². The van der Waals surface area contributed by atoms with Gasteiger partial charge in [0, 0.05) is 19.5 Å². The first-order chi connectivity index (χ1) is 12.6. The van der Waals surface area contributed by atoms with Crippen LogP contribution >= 0.6 is 12.2 Å². The molecule has 0 aliphatic rings. The van der Waals surface area contributed by atoms with Gasteiger partial charge in [0.15, 0.2) is 4.77 Å². The molecule has 0 fully saturated rings. The predicted octanol–water partition coefficient (Wildman–Crippen LogP) is 3.20. The molecule has 26 heavy (non-hydrogen) atoms. The van der Waals surface area contributed by atoms with Crippen LogP contribution in [-0.2, 0) is 17.8 Å². The summed E-state index contributed by atoms with van der Waals surface area (Å²) in [6, 6.07) is 17.3. The normalized spacial score (nSPS) is 10.8. The van der Waals surface area contributed by atoms with E-state index < -0.39 is 0 Å². The second-order valence-corrected chi connectivity index (χ2v) is 6.51. The van der Waals surface area contributed by atoms with E-state index in [0.29, 0.717) is 36.1 Å². The Kier molecular flexibility index (Phi) is 5.96. The van der Waals surface area contributed by atoms with E-state index in [-0.39, 0.29) is 11.5 Å². The first-order valence-electron chi connectivity index (χ1n) is 8.67. The molecule has 5 nitrogen and oxygen atoms in total. The van der Waals surface area contributed by atoms with E-state index in [1.165, 1.54) is 10.1 Å². The van der Waals surface area contributed by atoms with Gasteiger partial charge < -0.3 is 10.3 Å². The van der Waals surface area contributed by atoms with Crippen LogP contribution in [-0.4, -0.2) is 22.0 Å². The van der Waals surface area contributed by atoms with E-state index in [2.05, 4.69) is 10.3 Å². The molecule has 2 aromatic carbocycles. The summed E-state index contributed by atoms with van der Waals surface area (Å²) in [7, 11) is 0. The third kappa shape index (κ3) is 4.46. The molecule has 3 rings (SSSR count). The summed E-state index contributed by atoms with van der Waals surface area (Å²) in [6.07, 6.45) is 1.73. The van der Waals surface area contributed by atoms with Gasteiger partial charge in [0.1, 0.15) is 0 Å². The molecular formula is C20H21N3O2S. The van der Waals surface area contributed by atoms with Crippen LogP contribution in [0.5, 0.6) is 0 Å². The molecule has 0 spiro atoms. The number of carbonyl (C=O) groups is 1. The SMILES string of the molecule is O=C(CCCn1c(=S)[nH]c2ccccc2c1=O)NCCc1ccccc1. The molecule has 3 aromatic rings. The van der Waals surface area contributed by atoms with Crippen molar-refractivity contribution in [1.82, 2.24) is 14.9 Å². The van der Waals surface area contributed by atoms with Crippen LogP contribution in [0.25, 0.3) is 10.9 Å². The topological polar surface area (TPSA) is 66.9 Å². The maximum absolute atomic E-state index is 12.5. The summed E-state index contributed by atoms with van der Waals surface area (Å²) < 4.78 is 1.91. The molecular weight excluding hydrogens is 346 g/mol. The highest BCUT2D eigenvalue weighted by Gasteiger charge is 2.06. The van der Waals surface area contributed by atoms with E-state index in [1.54, 1.807) is 6.07 Å². The lowest BCUT2D eigenvalue weighted by Crippen LogP contribution is -2.27. The van der Waals surface area contributed by atoms with Gasteiger partial charge in [-0.25, -0.2) is 0 Å². The molecule has 0 radical (unpaired) electrons. The third-order valence-corrected chi connectivity index (χ3v) is 4.58. The lowest BCUT2D eigenvalue weighted by molar-refractivity contribution is -0.121. The minimum Gasteiger partial charge on any atom is -0.356 e. The molecule has 0 saturated carbocycles. The lowest BCUT2D eigenvalue weighted by atomic mass is 10.1. The largest absolute Gasteiger partial charge is 0.356 e. The Bertz CT molecular complexity index is 1010. The van der Waals surface area contributed by atoms with Gasteiger partial charge in [0.2, 0.25) is 5.91 Å². The Morgan fingerprint density at radius 3 is 2.62 bits per heavy atom. The first kappa shape index (κ1) is 18.1. The zero-order valence-corrected chi connectivity index (χ0v) is 15.2. The number of aromatic amines is 1. The molecule has 1 amide bonds.